The molecule has 124 valence electrons. The molecular formula is C14H18F3NO4. The molecule has 0 aliphatic carbocycles. The third-order valence-corrected chi connectivity index (χ3v) is 2.69. The summed E-state index contributed by atoms with van der Waals surface area (Å²) in [5.41, 5.74) is 0.551. The zero-order chi connectivity index (χ0) is 16.6. The second kappa shape index (κ2) is 8.60. The minimum atomic E-state index is -4.56. The first-order chi connectivity index (χ1) is 10.3. The summed E-state index contributed by atoms with van der Waals surface area (Å²) in [5.74, 6) is -0.833. The molecule has 0 amide bonds. The van der Waals surface area contributed by atoms with Crippen molar-refractivity contribution in [3.05, 3.63) is 29.8 Å². The van der Waals surface area contributed by atoms with Gasteiger partial charge in [-0.1, -0.05) is 12.1 Å². The first kappa shape index (κ1) is 18.2. The second-order valence-corrected chi connectivity index (χ2v) is 4.55. The van der Waals surface area contributed by atoms with Crippen molar-refractivity contribution in [1.29, 1.82) is 0 Å². The van der Waals surface area contributed by atoms with Crippen molar-refractivity contribution in [3.8, 4) is 5.75 Å². The molecule has 1 rings (SSSR count). The highest BCUT2D eigenvalue weighted by atomic mass is 19.4. The van der Waals surface area contributed by atoms with Gasteiger partial charge in [0, 0.05) is 13.0 Å². The van der Waals surface area contributed by atoms with Crippen molar-refractivity contribution in [2.45, 2.75) is 18.7 Å². The van der Waals surface area contributed by atoms with Gasteiger partial charge in [-0.3, -0.25) is 0 Å². The van der Waals surface area contributed by atoms with Gasteiger partial charge in [-0.25, -0.2) is 4.79 Å². The van der Waals surface area contributed by atoms with Gasteiger partial charge >= 0.3 is 12.1 Å². The van der Waals surface area contributed by atoms with Gasteiger partial charge in [-0.2, -0.15) is 13.2 Å². The number of carboxylic acid groups (broad SMARTS) is 1. The number of hydrogen-bond acceptors (Lipinski definition) is 4. The topological polar surface area (TPSA) is 67.8 Å². The van der Waals surface area contributed by atoms with Crippen LogP contribution >= 0.6 is 0 Å². The van der Waals surface area contributed by atoms with E-state index in [1.165, 1.54) is 0 Å². The van der Waals surface area contributed by atoms with Crippen LogP contribution in [0.15, 0.2) is 24.3 Å². The number of ether oxygens (including phenoxy) is 2. The highest BCUT2D eigenvalue weighted by Gasteiger charge is 2.31. The number of halogens is 3. The molecule has 0 aliphatic heterocycles. The van der Waals surface area contributed by atoms with E-state index in [-0.39, 0.29) is 6.42 Å². The van der Waals surface area contributed by atoms with Crippen LogP contribution in [0.1, 0.15) is 5.56 Å². The fraction of sp³-hybridized carbons (Fsp3) is 0.500. The van der Waals surface area contributed by atoms with E-state index in [1.54, 1.807) is 31.3 Å². The number of likely N-dealkylation sites (N-methyl/N-ethyl adjacent to an activating group) is 1. The van der Waals surface area contributed by atoms with Crippen LogP contribution in [0.2, 0.25) is 0 Å². The number of aliphatic carboxylic acids is 1. The second-order valence-electron chi connectivity index (χ2n) is 4.55. The van der Waals surface area contributed by atoms with Crippen LogP contribution in [0.4, 0.5) is 13.2 Å². The molecular weight excluding hydrogens is 303 g/mol. The van der Waals surface area contributed by atoms with Crippen LogP contribution in [0.25, 0.3) is 0 Å². The number of rotatable bonds is 9. The molecule has 0 saturated carbocycles. The lowest BCUT2D eigenvalue weighted by atomic mass is 10.1. The van der Waals surface area contributed by atoms with Crippen LogP contribution in [-0.2, 0) is 16.0 Å². The molecule has 0 unspecified atom stereocenters. The number of nitrogens with one attached hydrogen (secondary N) is 1. The maximum absolute atomic E-state index is 12.1. The molecule has 5 nitrogen and oxygen atoms in total. The van der Waals surface area contributed by atoms with E-state index in [0.29, 0.717) is 24.5 Å². The quantitative estimate of drug-likeness (QED) is 0.680. The Kier molecular flexibility index (Phi) is 7.13. The first-order valence-corrected chi connectivity index (χ1v) is 6.59. The molecule has 0 radical (unpaired) electrons. The predicted octanol–water partition coefficient (Wildman–Crippen LogP) is 1.86. The van der Waals surface area contributed by atoms with Crippen LogP contribution in [0, 0.1) is 0 Å². The Morgan fingerprint density at radius 1 is 1.32 bits per heavy atom. The summed E-state index contributed by atoms with van der Waals surface area (Å²) >= 11 is 0. The van der Waals surface area contributed by atoms with Gasteiger partial charge in [0.1, 0.15) is 19.0 Å². The molecule has 0 fully saturated rings. The molecule has 1 aromatic rings. The predicted molar refractivity (Wildman–Crippen MR) is 73.0 cm³/mol. The molecule has 2 N–H and O–H groups in total. The molecule has 0 saturated heterocycles. The van der Waals surface area contributed by atoms with E-state index in [0.717, 1.165) is 0 Å². The zero-order valence-electron chi connectivity index (χ0n) is 12.0. The van der Waals surface area contributed by atoms with E-state index in [9.17, 15) is 18.0 Å². The van der Waals surface area contributed by atoms with Gasteiger partial charge in [-0.15, -0.1) is 0 Å². The fourth-order valence-corrected chi connectivity index (χ4v) is 1.62. The third-order valence-electron chi connectivity index (χ3n) is 2.69. The van der Waals surface area contributed by atoms with Crippen molar-refractivity contribution >= 4 is 5.97 Å². The van der Waals surface area contributed by atoms with Crippen molar-refractivity contribution in [1.82, 2.24) is 5.32 Å². The Bertz CT molecular complexity index is 462. The smallest absolute Gasteiger partial charge is 0.411 e. The molecule has 22 heavy (non-hydrogen) atoms. The van der Waals surface area contributed by atoms with E-state index in [2.05, 4.69) is 10.1 Å². The minimum Gasteiger partial charge on any atom is -0.492 e. The van der Waals surface area contributed by atoms with Crippen molar-refractivity contribution in [2.75, 3.05) is 26.8 Å². The summed E-state index contributed by atoms with van der Waals surface area (Å²) in [7, 11) is 1.79. The number of alkyl halides is 3. The van der Waals surface area contributed by atoms with Crippen molar-refractivity contribution in [3.63, 3.8) is 0 Å². The van der Waals surface area contributed by atoms with Gasteiger partial charge < -0.3 is 19.9 Å². The maximum Gasteiger partial charge on any atom is 0.411 e. The summed E-state index contributed by atoms with van der Waals surface area (Å²) in [6.45, 7) is -0.439. The summed E-state index contributed by atoms with van der Waals surface area (Å²) in [5, 5.41) is 11.8. The molecule has 0 spiro atoms. The zero-order valence-corrected chi connectivity index (χ0v) is 12.0. The number of carbonyl (C=O) groups is 1. The molecule has 0 aliphatic rings. The Morgan fingerprint density at radius 2 is 1.95 bits per heavy atom. The molecule has 1 atom stereocenters. The summed E-state index contributed by atoms with van der Waals surface area (Å²) in [6.07, 6.45) is -6.25. The fourth-order valence-electron chi connectivity index (χ4n) is 1.62. The van der Waals surface area contributed by atoms with Crippen LogP contribution in [0.5, 0.6) is 5.75 Å². The van der Waals surface area contributed by atoms with Gasteiger partial charge in [-0.05, 0) is 24.7 Å². The standard InChI is InChI=1S/C14H18F3NO4/c1-18-6-7-21-11-4-2-10(3-5-11)8-12(13(19)20)22-9-14(15,16)17/h2-5,12,18H,6-9H2,1H3,(H,19,20)/t12-/m0/s1. The molecule has 0 aromatic heterocycles. The monoisotopic (exact) mass is 321 g/mol. The van der Waals surface area contributed by atoms with Gasteiger partial charge in [0.25, 0.3) is 0 Å². The minimum absolute atomic E-state index is 0.151. The Labute approximate surface area is 126 Å². The first-order valence-electron chi connectivity index (χ1n) is 6.59. The van der Waals surface area contributed by atoms with E-state index in [1.807, 2.05) is 0 Å². The highest BCUT2D eigenvalue weighted by molar-refractivity contribution is 5.72. The largest absolute Gasteiger partial charge is 0.492 e. The number of benzene rings is 1. The van der Waals surface area contributed by atoms with Crippen molar-refractivity contribution in [2.24, 2.45) is 0 Å². The lowest BCUT2D eigenvalue weighted by Gasteiger charge is -2.15. The van der Waals surface area contributed by atoms with Gasteiger partial charge in [0.15, 0.2) is 6.10 Å². The number of hydrogen-bond donors (Lipinski definition) is 2. The molecule has 0 bridgehead atoms. The van der Waals surface area contributed by atoms with Crippen molar-refractivity contribution < 1.29 is 32.5 Å². The van der Waals surface area contributed by atoms with Crippen LogP contribution in [0.3, 0.4) is 0 Å². The lowest BCUT2D eigenvalue weighted by Crippen LogP contribution is -2.31. The molecule has 8 heteroatoms. The van der Waals surface area contributed by atoms with Crippen LogP contribution < -0.4 is 10.1 Å². The van der Waals surface area contributed by atoms with Gasteiger partial charge in [0.05, 0.1) is 0 Å². The average Bonchev–Trinajstić information content (AvgIpc) is 2.44. The lowest BCUT2D eigenvalue weighted by molar-refractivity contribution is -0.192. The summed E-state index contributed by atoms with van der Waals surface area (Å²) in [4.78, 5) is 10.9. The normalized spacial score (nSPS) is 12.9. The van der Waals surface area contributed by atoms with E-state index < -0.39 is 24.9 Å². The van der Waals surface area contributed by atoms with Crippen LogP contribution in [-0.4, -0.2) is 50.2 Å². The SMILES string of the molecule is CNCCOc1ccc(C[C@H](OCC(F)(F)F)C(=O)O)cc1. The Hall–Kier alpha value is -1.80. The maximum atomic E-state index is 12.1. The van der Waals surface area contributed by atoms with Gasteiger partial charge in [0.2, 0.25) is 0 Å². The molecule has 0 heterocycles. The third kappa shape index (κ3) is 7.28. The Morgan fingerprint density at radius 3 is 2.45 bits per heavy atom. The highest BCUT2D eigenvalue weighted by Crippen LogP contribution is 2.18. The van der Waals surface area contributed by atoms with E-state index in [4.69, 9.17) is 9.84 Å². The average molecular weight is 321 g/mol. The summed E-state index contributed by atoms with van der Waals surface area (Å²) in [6, 6.07) is 6.46. The number of carboxylic acids is 1. The van der Waals surface area contributed by atoms with E-state index >= 15 is 0 Å². The Balaban J connectivity index is 2.56. The summed E-state index contributed by atoms with van der Waals surface area (Å²) < 4.78 is 46.0. The molecule has 1 aromatic carbocycles.